The van der Waals surface area contributed by atoms with Gasteiger partial charge in [0.15, 0.2) is 0 Å². The average Bonchev–Trinajstić information content (AvgIpc) is 2.17. The van der Waals surface area contributed by atoms with Crippen LogP contribution in [0.3, 0.4) is 0 Å². The highest BCUT2D eigenvalue weighted by Gasteiger charge is 2.11. The second kappa shape index (κ2) is 4.96. The van der Waals surface area contributed by atoms with E-state index in [1.165, 1.54) is 24.3 Å². The number of hydrogen-bond acceptors (Lipinski definition) is 4. The van der Waals surface area contributed by atoms with Gasteiger partial charge in [-0.15, -0.1) is 0 Å². The van der Waals surface area contributed by atoms with E-state index in [0.29, 0.717) is 5.56 Å². The lowest BCUT2D eigenvalue weighted by molar-refractivity contribution is -0.384. The highest BCUT2D eigenvalue weighted by molar-refractivity contribution is 7.74. The summed E-state index contributed by atoms with van der Waals surface area (Å²) in [7, 11) is 0. The normalized spacial score (nSPS) is 14.5. The Morgan fingerprint density at radius 2 is 2.00 bits per heavy atom. The van der Waals surface area contributed by atoms with Crippen molar-refractivity contribution < 1.29 is 17.9 Å². The Balaban J connectivity index is 2.79. The van der Waals surface area contributed by atoms with Crippen LogP contribution in [0.1, 0.15) is 18.6 Å². The first-order valence-electron chi connectivity index (χ1n) is 4.03. The molecule has 1 aromatic carbocycles. The predicted molar refractivity (Wildman–Crippen MR) is 53.4 cm³/mol. The quantitative estimate of drug-likeness (QED) is 0.485. The molecule has 1 N–H and O–H groups in total. The van der Waals surface area contributed by atoms with E-state index in [0.717, 1.165) is 0 Å². The molecule has 1 aromatic rings. The molecule has 0 spiro atoms. The minimum Gasteiger partial charge on any atom is -0.284 e. The van der Waals surface area contributed by atoms with E-state index >= 15 is 0 Å². The number of hydrogen-bond donors (Lipinski definition) is 1. The van der Waals surface area contributed by atoms with Crippen LogP contribution < -0.4 is 0 Å². The maximum absolute atomic E-state index is 10.3. The Morgan fingerprint density at radius 1 is 1.47 bits per heavy atom. The maximum atomic E-state index is 10.3. The van der Waals surface area contributed by atoms with Crippen molar-refractivity contribution in [1.29, 1.82) is 0 Å². The van der Waals surface area contributed by atoms with Gasteiger partial charge in [-0.05, 0) is 24.6 Å². The van der Waals surface area contributed by atoms with E-state index < -0.39 is 22.4 Å². The monoisotopic (exact) mass is 231 g/mol. The van der Waals surface area contributed by atoms with Crippen molar-refractivity contribution in [2.24, 2.45) is 0 Å². The number of rotatable bonds is 4. The Bertz CT molecular complexity index is 377. The molecule has 0 aliphatic carbocycles. The first kappa shape index (κ1) is 11.8. The third-order valence-corrected chi connectivity index (χ3v) is 2.25. The first-order valence-corrected chi connectivity index (χ1v) is 5.06. The van der Waals surface area contributed by atoms with Crippen molar-refractivity contribution in [2.45, 2.75) is 13.0 Å². The summed E-state index contributed by atoms with van der Waals surface area (Å²) >= 11 is -2.34. The highest BCUT2D eigenvalue weighted by Crippen LogP contribution is 2.20. The fraction of sp³-hybridized carbons (Fsp3) is 0.250. The molecule has 15 heavy (non-hydrogen) atoms. The van der Waals surface area contributed by atoms with Gasteiger partial charge in [0.25, 0.3) is 5.69 Å². The van der Waals surface area contributed by atoms with Crippen molar-refractivity contribution in [3.05, 3.63) is 39.9 Å². The van der Waals surface area contributed by atoms with Crippen molar-refractivity contribution in [2.75, 3.05) is 0 Å². The number of nitro groups is 1. The highest BCUT2D eigenvalue weighted by atomic mass is 32.2. The summed E-state index contributed by atoms with van der Waals surface area (Å²) < 4.78 is 23.4. The van der Waals surface area contributed by atoms with E-state index in [4.69, 9.17) is 4.55 Å². The van der Waals surface area contributed by atoms with Crippen LogP contribution >= 0.6 is 0 Å². The second-order valence-corrected chi connectivity index (χ2v) is 3.43. The van der Waals surface area contributed by atoms with Gasteiger partial charge in [0.2, 0.25) is 0 Å². The number of non-ortho nitro benzene ring substituents is 1. The van der Waals surface area contributed by atoms with E-state index in [-0.39, 0.29) is 5.69 Å². The Hall–Kier alpha value is -1.31. The van der Waals surface area contributed by atoms with Gasteiger partial charge in [-0.3, -0.25) is 18.9 Å². The molecule has 0 saturated heterocycles. The third kappa shape index (κ3) is 3.39. The summed E-state index contributed by atoms with van der Waals surface area (Å²) in [6, 6.07) is 5.59. The molecule has 2 unspecified atom stereocenters. The van der Waals surface area contributed by atoms with Crippen molar-refractivity contribution in [1.82, 2.24) is 0 Å². The fourth-order valence-electron chi connectivity index (χ4n) is 1.05. The van der Waals surface area contributed by atoms with Gasteiger partial charge < -0.3 is 0 Å². The lowest BCUT2D eigenvalue weighted by Gasteiger charge is -2.08. The van der Waals surface area contributed by atoms with Crippen LogP contribution in [-0.4, -0.2) is 13.7 Å². The molecular formula is C8H9NO5S. The van der Waals surface area contributed by atoms with Crippen LogP contribution in [0.2, 0.25) is 0 Å². The summed E-state index contributed by atoms with van der Waals surface area (Å²) in [5, 5.41) is 10.3. The summed E-state index contributed by atoms with van der Waals surface area (Å²) in [6.07, 6.45) is -0.586. The summed E-state index contributed by atoms with van der Waals surface area (Å²) in [4.78, 5) is 9.83. The van der Waals surface area contributed by atoms with Gasteiger partial charge >= 0.3 is 11.4 Å². The molecule has 82 valence electrons. The van der Waals surface area contributed by atoms with Crippen molar-refractivity contribution >= 4 is 17.0 Å². The van der Waals surface area contributed by atoms with Gasteiger partial charge in [0.1, 0.15) is 0 Å². The van der Waals surface area contributed by atoms with Gasteiger partial charge in [-0.2, -0.15) is 4.21 Å². The molecule has 2 atom stereocenters. The van der Waals surface area contributed by atoms with Crippen LogP contribution in [0.4, 0.5) is 5.69 Å². The molecule has 0 fully saturated rings. The van der Waals surface area contributed by atoms with Crippen LogP contribution in [0.15, 0.2) is 24.3 Å². The topological polar surface area (TPSA) is 89.7 Å². The van der Waals surface area contributed by atoms with Crippen LogP contribution in [0.25, 0.3) is 0 Å². The molecule has 6 nitrogen and oxygen atoms in total. The zero-order valence-corrected chi connectivity index (χ0v) is 8.64. The molecule has 0 saturated carbocycles. The van der Waals surface area contributed by atoms with Gasteiger partial charge in [-0.1, -0.05) is 0 Å². The average molecular weight is 231 g/mol. The first-order chi connectivity index (χ1) is 7.00. The minimum absolute atomic E-state index is 0.0314. The van der Waals surface area contributed by atoms with Crippen molar-refractivity contribution in [3.8, 4) is 0 Å². The SMILES string of the molecule is CC(OS(=O)O)c1ccc([N+](=O)[O-])cc1. The molecule has 1 rings (SSSR count). The maximum Gasteiger partial charge on any atom is 0.302 e. The second-order valence-electron chi connectivity index (χ2n) is 2.80. The molecule has 0 bridgehead atoms. The fourth-order valence-corrected chi connectivity index (χ4v) is 1.40. The Morgan fingerprint density at radius 3 is 2.40 bits per heavy atom. The zero-order chi connectivity index (χ0) is 11.4. The molecular weight excluding hydrogens is 222 g/mol. The molecule has 0 aromatic heterocycles. The standard InChI is InChI=1S/C8H9NO5S/c1-6(14-15(12)13)7-2-4-8(5-3-7)9(10)11/h2-6H,1H3,(H,12,13). The third-order valence-electron chi connectivity index (χ3n) is 1.80. The van der Waals surface area contributed by atoms with E-state index in [1.807, 2.05) is 0 Å². The smallest absolute Gasteiger partial charge is 0.284 e. The van der Waals surface area contributed by atoms with Crippen LogP contribution in [-0.2, 0) is 15.5 Å². The number of nitrogens with zero attached hydrogens (tertiary/aromatic N) is 1. The van der Waals surface area contributed by atoms with Gasteiger partial charge in [0, 0.05) is 12.1 Å². The van der Waals surface area contributed by atoms with Gasteiger partial charge in [0.05, 0.1) is 11.0 Å². The minimum atomic E-state index is -2.34. The number of benzene rings is 1. The summed E-state index contributed by atoms with van der Waals surface area (Å²) in [6.45, 7) is 1.58. The van der Waals surface area contributed by atoms with E-state index in [2.05, 4.69) is 4.18 Å². The lowest BCUT2D eigenvalue weighted by Crippen LogP contribution is -2.02. The molecule has 0 amide bonds. The largest absolute Gasteiger partial charge is 0.302 e. The zero-order valence-electron chi connectivity index (χ0n) is 7.82. The summed E-state index contributed by atoms with van der Waals surface area (Å²) in [5.74, 6) is 0. The predicted octanol–water partition coefficient (Wildman–Crippen LogP) is 1.81. The van der Waals surface area contributed by atoms with Crippen molar-refractivity contribution in [3.63, 3.8) is 0 Å². The Kier molecular flexibility index (Phi) is 3.89. The molecule has 0 radical (unpaired) electrons. The molecule has 0 heterocycles. The Labute approximate surface area is 88.5 Å². The number of nitro benzene ring substituents is 1. The lowest BCUT2D eigenvalue weighted by atomic mass is 10.1. The van der Waals surface area contributed by atoms with Crippen LogP contribution in [0, 0.1) is 10.1 Å². The summed E-state index contributed by atoms with van der Waals surface area (Å²) in [5.41, 5.74) is 0.569. The van der Waals surface area contributed by atoms with Gasteiger partial charge in [-0.25, -0.2) is 0 Å². The van der Waals surface area contributed by atoms with Crippen LogP contribution in [0.5, 0.6) is 0 Å². The molecule has 7 heteroatoms. The molecule has 0 aliphatic rings. The molecule has 0 aliphatic heterocycles. The van der Waals surface area contributed by atoms with E-state index in [1.54, 1.807) is 6.92 Å². The van der Waals surface area contributed by atoms with E-state index in [9.17, 15) is 14.3 Å².